The largest absolute Gasteiger partial charge is 0.510 e. The van der Waals surface area contributed by atoms with Crippen LogP contribution in [-0.2, 0) is 16.1 Å². The number of Topliss-reactive ketones (excluding diaryl/α,β-unsaturated/α-hetero) is 2. The van der Waals surface area contributed by atoms with Crippen molar-refractivity contribution in [3.05, 3.63) is 51.5 Å². The predicted octanol–water partition coefficient (Wildman–Crippen LogP) is 0.388. The third-order valence-electron chi connectivity index (χ3n) is 9.38. The van der Waals surface area contributed by atoms with Crippen molar-refractivity contribution in [3.8, 4) is 11.8 Å². The van der Waals surface area contributed by atoms with Crippen molar-refractivity contribution in [3.63, 3.8) is 0 Å². The van der Waals surface area contributed by atoms with Gasteiger partial charge in [-0.1, -0.05) is 19.1 Å². The summed E-state index contributed by atoms with van der Waals surface area (Å²) >= 11 is 0. The Labute approximate surface area is 236 Å². The average molecular weight is 567 g/mol. The maximum Gasteiger partial charge on any atom is 0.255 e. The van der Waals surface area contributed by atoms with E-state index in [1.165, 1.54) is 19.0 Å². The highest BCUT2D eigenvalue weighted by Crippen LogP contribution is 2.55. The van der Waals surface area contributed by atoms with Crippen LogP contribution in [0, 0.1) is 29.1 Å². The molecule has 0 radical (unpaired) electrons. The molecular weight excluding hydrogens is 532 g/mol. The summed E-state index contributed by atoms with van der Waals surface area (Å²) in [4.78, 5) is 43.1. The molecule has 7 N–H and O–H groups in total. The molecular formula is C29H34N4O8. The van der Waals surface area contributed by atoms with Gasteiger partial charge in [-0.25, -0.2) is 0 Å². The van der Waals surface area contributed by atoms with Gasteiger partial charge in [0.15, 0.2) is 11.4 Å². The Morgan fingerprint density at radius 3 is 2.39 bits per heavy atom. The average Bonchev–Trinajstić information content (AvgIpc) is 2.92. The molecule has 1 fully saturated rings. The molecule has 0 saturated carbocycles. The number of carbonyl (C=O) groups is 3. The molecule has 0 bridgehead atoms. The number of likely N-dealkylation sites (tertiary alicyclic amines) is 1. The first-order chi connectivity index (χ1) is 19.3. The molecule has 1 amide bonds. The van der Waals surface area contributed by atoms with Gasteiger partial charge in [0.25, 0.3) is 5.91 Å². The number of hydrogen-bond acceptors (Lipinski definition) is 11. The standard InChI is InChI=1S/C29H34N4O8/c1-12-15-5-4-14(11-33-8-6-13(10-30)7-9-33)22(34)17(15)23(35)18-16(12)24(36)20-21(32(2)3)25(37)19(28(31)40)27(39)29(20,41)26(18)38/h4-5,12-13,16,20-21,24,34,36-38,41H,6-9,11H2,1-3H3,(H2,31,40)/t12-,16+,20+,21-,24-,29-/m0/s1. The number of benzene rings is 1. The van der Waals surface area contributed by atoms with E-state index in [1.54, 1.807) is 19.1 Å². The Kier molecular flexibility index (Phi) is 6.98. The molecule has 1 aromatic carbocycles. The van der Waals surface area contributed by atoms with E-state index in [-0.39, 0.29) is 17.2 Å². The summed E-state index contributed by atoms with van der Waals surface area (Å²) in [6.07, 6.45) is -0.246. The molecule has 218 valence electrons. The van der Waals surface area contributed by atoms with Crippen molar-refractivity contribution in [2.24, 2.45) is 23.5 Å². The van der Waals surface area contributed by atoms with E-state index < -0.39 is 75.6 Å². The van der Waals surface area contributed by atoms with E-state index in [9.17, 15) is 39.9 Å². The van der Waals surface area contributed by atoms with Gasteiger partial charge in [0.2, 0.25) is 5.78 Å². The number of phenols is 1. The van der Waals surface area contributed by atoms with Crippen molar-refractivity contribution in [1.29, 1.82) is 5.26 Å². The number of hydrogen-bond donors (Lipinski definition) is 6. The summed E-state index contributed by atoms with van der Waals surface area (Å²) in [5.41, 5.74) is 1.83. The van der Waals surface area contributed by atoms with Gasteiger partial charge in [0, 0.05) is 29.5 Å². The predicted molar refractivity (Wildman–Crippen MR) is 143 cm³/mol. The molecule has 6 atom stereocenters. The number of rotatable bonds is 4. The van der Waals surface area contributed by atoms with Crippen LogP contribution in [0.4, 0.5) is 0 Å². The zero-order valence-electron chi connectivity index (χ0n) is 23.0. The number of aliphatic hydroxyl groups is 4. The molecule has 41 heavy (non-hydrogen) atoms. The number of aliphatic hydroxyl groups excluding tert-OH is 3. The Morgan fingerprint density at radius 2 is 1.83 bits per heavy atom. The third-order valence-corrected chi connectivity index (χ3v) is 9.38. The van der Waals surface area contributed by atoms with E-state index in [0.717, 1.165) is 0 Å². The van der Waals surface area contributed by atoms with Gasteiger partial charge in [-0.05, 0) is 51.5 Å². The molecule has 0 aromatic heterocycles. The van der Waals surface area contributed by atoms with Crippen molar-refractivity contribution in [1.82, 2.24) is 9.80 Å². The van der Waals surface area contributed by atoms with Gasteiger partial charge in [-0.3, -0.25) is 24.2 Å². The van der Waals surface area contributed by atoms with Crippen LogP contribution in [0.5, 0.6) is 5.75 Å². The first-order valence-electron chi connectivity index (χ1n) is 13.6. The van der Waals surface area contributed by atoms with Crippen LogP contribution in [-0.4, -0.2) is 97.7 Å². The number of aromatic hydroxyl groups is 1. The van der Waals surface area contributed by atoms with Gasteiger partial charge in [-0.15, -0.1) is 0 Å². The molecule has 1 saturated heterocycles. The Hall–Kier alpha value is -3.76. The smallest absolute Gasteiger partial charge is 0.255 e. The number of amides is 1. The van der Waals surface area contributed by atoms with Crippen LogP contribution < -0.4 is 5.73 Å². The van der Waals surface area contributed by atoms with Gasteiger partial charge in [-0.2, -0.15) is 5.26 Å². The number of nitrogens with zero attached hydrogens (tertiary/aromatic N) is 3. The van der Waals surface area contributed by atoms with Gasteiger partial charge >= 0.3 is 0 Å². The fraction of sp³-hybridized carbons (Fsp3) is 0.517. The van der Waals surface area contributed by atoms with Crippen molar-refractivity contribution in [2.45, 2.75) is 50.0 Å². The number of nitrogens with two attached hydrogens (primary N) is 1. The van der Waals surface area contributed by atoms with E-state index in [1.807, 2.05) is 0 Å². The molecule has 3 aliphatic carbocycles. The van der Waals surface area contributed by atoms with Crippen LogP contribution >= 0.6 is 0 Å². The zero-order chi connectivity index (χ0) is 30.1. The van der Waals surface area contributed by atoms with E-state index in [2.05, 4.69) is 11.0 Å². The molecule has 1 heterocycles. The van der Waals surface area contributed by atoms with Crippen molar-refractivity contribution >= 4 is 17.5 Å². The second-order valence-electron chi connectivity index (χ2n) is 11.8. The second kappa shape index (κ2) is 9.95. The minimum absolute atomic E-state index is 0.0218. The number of carbonyl (C=O) groups excluding carboxylic acids is 3. The zero-order valence-corrected chi connectivity index (χ0v) is 23.0. The van der Waals surface area contributed by atoms with Gasteiger partial charge < -0.3 is 31.3 Å². The highest BCUT2D eigenvalue weighted by molar-refractivity contribution is 6.25. The summed E-state index contributed by atoms with van der Waals surface area (Å²) in [5, 5.41) is 66.3. The molecule has 0 unspecified atom stereocenters. The summed E-state index contributed by atoms with van der Waals surface area (Å²) in [6.45, 7) is 3.30. The lowest BCUT2D eigenvalue weighted by Gasteiger charge is -2.53. The van der Waals surface area contributed by atoms with Crippen molar-refractivity contribution in [2.75, 3.05) is 27.2 Å². The lowest BCUT2D eigenvalue weighted by molar-refractivity contribution is -0.162. The number of fused-ring (bicyclic) bond motifs is 3. The fourth-order valence-electron chi connectivity index (χ4n) is 7.25. The lowest BCUT2D eigenvalue weighted by Crippen LogP contribution is -2.68. The van der Waals surface area contributed by atoms with Gasteiger partial charge in [0.05, 0.1) is 29.7 Å². The normalized spacial score (nSPS) is 32.5. The molecule has 4 aliphatic rings. The number of likely N-dealkylation sites (N-methyl/N-ethyl adjacent to an activating group) is 1. The van der Waals surface area contributed by atoms with E-state index in [0.29, 0.717) is 43.6 Å². The maximum absolute atomic E-state index is 14.0. The molecule has 12 heteroatoms. The molecule has 12 nitrogen and oxygen atoms in total. The first kappa shape index (κ1) is 28.8. The lowest BCUT2D eigenvalue weighted by atomic mass is 9.55. The number of piperidine rings is 1. The van der Waals surface area contributed by atoms with Crippen LogP contribution in [0.25, 0.3) is 0 Å². The minimum atomic E-state index is -2.94. The summed E-state index contributed by atoms with van der Waals surface area (Å²) in [6, 6.07) is 4.36. The number of ketones is 2. The molecule has 1 aliphatic heterocycles. The molecule has 0 spiro atoms. The quantitative estimate of drug-likeness (QED) is 0.275. The SMILES string of the molecule is C[C@H]1c2ccc(CN3CCC(C#N)CC3)c(O)c2C(=O)C2=C(O)[C@]3(O)C(=O)C(C(N)=O)=C(O)[C@@H](N(C)C)[C@@H]3[C@@H](O)[C@@H]21. The first-order valence-corrected chi connectivity index (χ1v) is 13.6. The third kappa shape index (κ3) is 3.99. The summed E-state index contributed by atoms with van der Waals surface area (Å²) in [7, 11) is 2.98. The maximum atomic E-state index is 14.0. The van der Waals surface area contributed by atoms with Crippen molar-refractivity contribution < 1.29 is 39.9 Å². The van der Waals surface area contributed by atoms with Crippen LogP contribution in [0.2, 0.25) is 0 Å². The highest BCUT2D eigenvalue weighted by Gasteiger charge is 2.67. The number of phenolic OH excluding ortho intramolecular Hbond substituents is 1. The monoisotopic (exact) mass is 566 g/mol. The number of nitriles is 1. The van der Waals surface area contributed by atoms with Gasteiger partial charge in [0.1, 0.15) is 22.8 Å². The minimum Gasteiger partial charge on any atom is -0.510 e. The highest BCUT2D eigenvalue weighted by atomic mass is 16.4. The number of primary amides is 1. The second-order valence-corrected chi connectivity index (χ2v) is 11.8. The molecule has 1 aromatic rings. The van der Waals surface area contributed by atoms with Crippen LogP contribution in [0.3, 0.4) is 0 Å². The van der Waals surface area contributed by atoms with E-state index in [4.69, 9.17) is 11.0 Å². The Balaban J connectivity index is 1.63. The van der Waals surface area contributed by atoms with Crippen LogP contribution in [0.15, 0.2) is 34.8 Å². The summed E-state index contributed by atoms with van der Waals surface area (Å²) in [5.74, 6) is -9.03. The summed E-state index contributed by atoms with van der Waals surface area (Å²) < 4.78 is 0. The molecule has 5 rings (SSSR count). The topological polar surface area (TPSA) is 209 Å². The van der Waals surface area contributed by atoms with E-state index >= 15 is 0 Å². The Morgan fingerprint density at radius 1 is 1.20 bits per heavy atom. The fourth-order valence-corrected chi connectivity index (χ4v) is 7.25. The Bertz CT molecular complexity index is 1450. The van der Waals surface area contributed by atoms with Crippen LogP contribution in [0.1, 0.15) is 47.2 Å².